The number of nitro benzene ring substituents is 1. The average Bonchev–Trinajstić information content (AvgIpc) is 2.58. The molecule has 0 bridgehead atoms. The number of benzene rings is 1. The number of carbonyl (C=O) groups is 2. The average molecular weight is 474 g/mol. The molecule has 2 aliphatic heterocycles. The number of nitro groups is 1. The fourth-order valence-corrected chi connectivity index (χ4v) is 3.80. The first-order valence-corrected chi connectivity index (χ1v) is 9.82. The molecule has 1 unspecified atom stereocenters. The van der Waals surface area contributed by atoms with Gasteiger partial charge in [-0.05, 0) is 36.7 Å². The Balaban J connectivity index is 1.90. The van der Waals surface area contributed by atoms with Crippen molar-refractivity contribution in [3.8, 4) is 5.75 Å². The van der Waals surface area contributed by atoms with Crippen LogP contribution in [0.25, 0.3) is 0 Å². The summed E-state index contributed by atoms with van der Waals surface area (Å²) in [5.74, 6) is -0.565. The predicted octanol–water partition coefficient (Wildman–Crippen LogP) is 3.50. The van der Waals surface area contributed by atoms with Crippen LogP contribution in [0.2, 0.25) is 0 Å². The first-order valence-electron chi connectivity index (χ1n) is 9.03. The van der Waals surface area contributed by atoms with Gasteiger partial charge in [-0.2, -0.15) is 0 Å². The van der Waals surface area contributed by atoms with Crippen LogP contribution in [0.1, 0.15) is 37.6 Å². The Morgan fingerprint density at radius 2 is 2.07 bits per heavy atom. The summed E-state index contributed by atoms with van der Waals surface area (Å²) in [5, 5.41) is 11.2. The lowest BCUT2D eigenvalue weighted by molar-refractivity contribution is -0.385. The zero-order chi connectivity index (χ0) is 21.5. The van der Waals surface area contributed by atoms with Crippen LogP contribution in [-0.4, -0.2) is 64.4 Å². The molecule has 2 aliphatic rings. The van der Waals surface area contributed by atoms with Crippen molar-refractivity contribution in [1.29, 1.82) is 0 Å². The van der Waals surface area contributed by atoms with Gasteiger partial charge in [0.15, 0.2) is 6.30 Å². The van der Waals surface area contributed by atoms with Crippen molar-refractivity contribution in [3.05, 3.63) is 32.3 Å². The highest BCUT2D eigenvalue weighted by Gasteiger charge is 2.42. The molecule has 158 valence electrons. The molecule has 0 saturated carbocycles. The van der Waals surface area contributed by atoms with Gasteiger partial charge in [0.25, 0.3) is 11.6 Å². The Bertz CT molecular complexity index is 859. The monoisotopic (exact) mass is 473 g/mol. The van der Waals surface area contributed by atoms with Crippen LogP contribution < -0.4 is 4.74 Å². The SMILES string of the molecule is CC(C)(C)OC(=O)N1CC2CCOc3cc(Br)c([N+](=O)[O-])cc3C(=O)N2[C@@H](F)C1. The number of fused-ring (bicyclic) bond motifs is 2. The van der Waals surface area contributed by atoms with E-state index in [1.54, 1.807) is 20.8 Å². The van der Waals surface area contributed by atoms with E-state index in [0.29, 0.717) is 6.42 Å². The second-order valence-electron chi connectivity index (χ2n) is 7.88. The van der Waals surface area contributed by atoms with Crippen molar-refractivity contribution in [2.45, 2.75) is 45.1 Å². The summed E-state index contributed by atoms with van der Waals surface area (Å²) in [7, 11) is 0. The molecule has 11 heteroatoms. The topological polar surface area (TPSA) is 102 Å². The summed E-state index contributed by atoms with van der Waals surface area (Å²) in [6.07, 6.45) is -2.14. The summed E-state index contributed by atoms with van der Waals surface area (Å²) >= 11 is 3.09. The molecule has 29 heavy (non-hydrogen) atoms. The lowest BCUT2D eigenvalue weighted by Gasteiger charge is -2.44. The number of piperazine rings is 1. The third kappa shape index (κ3) is 4.44. The number of hydrogen-bond donors (Lipinski definition) is 0. The molecule has 1 saturated heterocycles. The van der Waals surface area contributed by atoms with Crippen molar-refractivity contribution in [2.75, 3.05) is 19.7 Å². The lowest BCUT2D eigenvalue weighted by atomic mass is 10.0. The van der Waals surface area contributed by atoms with Gasteiger partial charge in [-0.25, -0.2) is 9.18 Å². The van der Waals surface area contributed by atoms with Crippen LogP contribution in [0.3, 0.4) is 0 Å². The normalized spacial score (nSPS) is 22.0. The van der Waals surface area contributed by atoms with Crippen LogP contribution in [0, 0.1) is 10.1 Å². The number of amides is 2. The van der Waals surface area contributed by atoms with Crippen molar-refractivity contribution in [1.82, 2.24) is 9.80 Å². The van der Waals surface area contributed by atoms with E-state index in [0.717, 1.165) is 11.0 Å². The zero-order valence-electron chi connectivity index (χ0n) is 16.2. The number of ether oxygens (including phenoxy) is 2. The van der Waals surface area contributed by atoms with E-state index in [2.05, 4.69) is 15.9 Å². The van der Waals surface area contributed by atoms with Gasteiger partial charge in [-0.3, -0.25) is 14.9 Å². The van der Waals surface area contributed by atoms with E-state index in [4.69, 9.17) is 9.47 Å². The largest absolute Gasteiger partial charge is 0.493 e. The van der Waals surface area contributed by atoms with Crippen LogP contribution in [0.5, 0.6) is 5.75 Å². The summed E-state index contributed by atoms with van der Waals surface area (Å²) in [6.45, 7) is 5.03. The number of alkyl halides is 1. The number of hydrogen-bond acceptors (Lipinski definition) is 6. The Morgan fingerprint density at radius 3 is 2.69 bits per heavy atom. The molecule has 1 aromatic rings. The highest BCUT2D eigenvalue weighted by atomic mass is 79.9. The lowest BCUT2D eigenvalue weighted by Crippen LogP contribution is -2.61. The molecule has 0 N–H and O–H groups in total. The van der Waals surface area contributed by atoms with Gasteiger partial charge in [0.2, 0.25) is 0 Å². The van der Waals surface area contributed by atoms with E-state index in [-0.39, 0.29) is 41.2 Å². The molecule has 0 spiro atoms. The first kappa shape index (κ1) is 21.3. The third-order valence-electron chi connectivity index (χ3n) is 4.57. The van der Waals surface area contributed by atoms with Crippen LogP contribution in [0.4, 0.5) is 14.9 Å². The Hall–Kier alpha value is -2.43. The minimum atomic E-state index is -1.78. The second kappa shape index (κ2) is 7.77. The third-order valence-corrected chi connectivity index (χ3v) is 5.20. The van der Waals surface area contributed by atoms with Crippen LogP contribution in [0.15, 0.2) is 16.6 Å². The first-order chi connectivity index (χ1) is 13.5. The minimum Gasteiger partial charge on any atom is -0.493 e. The maximum Gasteiger partial charge on any atom is 0.410 e. The molecule has 3 rings (SSSR count). The minimum absolute atomic E-state index is 0.0817. The quantitative estimate of drug-likeness (QED) is 0.351. The molecule has 1 aromatic carbocycles. The molecular weight excluding hydrogens is 453 g/mol. The van der Waals surface area contributed by atoms with E-state index >= 15 is 4.39 Å². The van der Waals surface area contributed by atoms with E-state index in [9.17, 15) is 19.7 Å². The van der Waals surface area contributed by atoms with Gasteiger partial charge in [0.1, 0.15) is 11.4 Å². The summed E-state index contributed by atoms with van der Waals surface area (Å²) < 4.78 is 26.1. The smallest absolute Gasteiger partial charge is 0.410 e. The summed E-state index contributed by atoms with van der Waals surface area (Å²) in [6, 6.07) is 1.78. The van der Waals surface area contributed by atoms with Gasteiger partial charge in [-0.15, -0.1) is 0 Å². The summed E-state index contributed by atoms with van der Waals surface area (Å²) in [4.78, 5) is 38.3. The van der Waals surface area contributed by atoms with Gasteiger partial charge >= 0.3 is 6.09 Å². The second-order valence-corrected chi connectivity index (χ2v) is 8.73. The Morgan fingerprint density at radius 1 is 1.38 bits per heavy atom. The number of halogens is 2. The number of nitrogens with zero attached hydrogens (tertiary/aromatic N) is 3. The highest BCUT2D eigenvalue weighted by Crippen LogP contribution is 2.36. The van der Waals surface area contributed by atoms with Crippen LogP contribution >= 0.6 is 15.9 Å². The molecule has 0 aromatic heterocycles. The molecule has 1 fully saturated rings. The van der Waals surface area contributed by atoms with Gasteiger partial charge in [0, 0.05) is 25.1 Å². The maximum absolute atomic E-state index is 15.0. The Kier molecular flexibility index (Phi) is 5.70. The molecule has 0 aliphatic carbocycles. The standard InChI is InChI=1S/C18H21BrFN3O6/c1-18(2,3)29-17(25)21-8-10-4-5-28-14-7-12(19)13(23(26)27)6-11(14)16(24)22(10)15(20)9-21/h6-7,10,15H,4-5,8-9H2,1-3H3/t10?,15-/m1/s1. The molecule has 2 amide bonds. The summed E-state index contributed by atoms with van der Waals surface area (Å²) in [5.41, 5.74) is -1.14. The van der Waals surface area contributed by atoms with Crippen molar-refractivity contribution < 1.29 is 28.4 Å². The highest BCUT2D eigenvalue weighted by molar-refractivity contribution is 9.10. The molecular formula is C18H21BrFN3O6. The van der Waals surface area contributed by atoms with E-state index in [1.807, 2.05) is 0 Å². The van der Waals surface area contributed by atoms with Crippen molar-refractivity contribution in [3.63, 3.8) is 0 Å². The number of carbonyl (C=O) groups excluding carboxylic acids is 2. The molecule has 2 heterocycles. The van der Waals surface area contributed by atoms with Crippen molar-refractivity contribution in [2.24, 2.45) is 0 Å². The zero-order valence-corrected chi connectivity index (χ0v) is 17.8. The van der Waals surface area contributed by atoms with Crippen molar-refractivity contribution >= 4 is 33.6 Å². The number of rotatable bonds is 1. The molecule has 9 nitrogen and oxygen atoms in total. The Labute approximate surface area is 175 Å². The van der Waals surface area contributed by atoms with Gasteiger partial charge in [-0.1, -0.05) is 0 Å². The van der Waals surface area contributed by atoms with Gasteiger partial charge < -0.3 is 19.3 Å². The fraction of sp³-hybridized carbons (Fsp3) is 0.556. The van der Waals surface area contributed by atoms with Crippen LogP contribution in [-0.2, 0) is 4.74 Å². The van der Waals surface area contributed by atoms with E-state index in [1.165, 1.54) is 11.0 Å². The fourth-order valence-electron chi connectivity index (χ4n) is 3.33. The molecule has 0 radical (unpaired) electrons. The predicted molar refractivity (Wildman–Crippen MR) is 104 cm³/mol. The molecule has 2 atom stereocenters. The maximum atomic E-state index is 15.0. The van der Waals surface area contributed by atoms with Gasteiger partial charge in [0.05, 0.1) is 34.2 Å². The van der Waals surface area contributed by atoms with E-state index < -0.39 is 34.9 Å².